The second-order valence-electron chi connectivity index (χ2n) is 6.66. The monoisotopic (exact) mass is 481 g/mol. The van der Waals surface area contributed by atoms with Crippen molar-refractivity contribution in [3.05, 3.63) is 64.4 Å². The zero-order valence-corrected chi connectivity index (χ0v) is 17.7. The standard InChI is InChI=1S/C21H18BrClFNO4/c22-15-3-7-17(8-4-15)25-12-14(11-19(25)26)21(28)29-18(9-10-23)20(27)13-1-5-16(24)6-2-13/h1-8,14,18H,9-12H2/t14-,18+/m0/s1. The normalized spacial score (nSPS) is 17.3. The fourth-order valence-corrected chi connectivity index (χ4v) is 3.58. The first-order chi connectivity index (χ1) is 13.9. The zero-order chi connectivity index (χ0) is 21.0. The SMILES string of the molecule is O=C(O[C@H](CCCl)C(=O)c1ccc(F)cc1)[C@H]1CC(=O)N(c2ccc(Br)cc2)C1. The molecule has 1 fully saturated rings. The smallest absolute Gasteiger partial charge is 0.312 e. The summed E-state index contributed by atoms with van der Waals surface area (Å²) in [5, 5.41) is 0. The van der Waals surface area contributed by atoms with E-state index in [2.05, 4.69) is 15.9 Å². The molecule has 8 heteroatoms. The summed E-state index contributed by atoms with van der Waals surface area (Å²) in [5.74, 6) is -2.29. The van der Waals surface area contributed by atoms with Crippen molar-refractivity contribution in [3.63, 3.8) is 0 Å². The van der Waals surface area contributed by atoms with E-state index >= 15 is 0 Å². The van der Waals surface area contributed by atoms with E-state index in [9.17, 15) is 18.8 Å². The first-order valence-corrected chi connectivity index (χ1v) is 10.3. The van der Waals surface area contributed by atoms with Gasteiger partial charge in [-0.15, -0.1) is 11.6 Å². The molecule has 0 bridgehead atoms. The number of halogens is 3. The fraction of sp³-hybridized carbons (Fsp3) is 0.286. The Kier molecular flexibility index (Phi) is 7.03. The van der Waals surface area contributed by atoms with Crippen LogP contribution in [-0.4, -0.2) is 36.2 Å². The first-order valence-electron chi connectivity index (χ1n) is 9.01. The van der Waals surface area contributed by atoms with E-state index in [0.29, 0.717) is 5.69 Å². The van der Waals surface area contributed by atoms with Crippen LogP contribution < -0.4 is 4.90 Å². The van der Waals surface area contributed by atoms with Crippen LogP contribution >= 0.6 is 27.5 Å². The van der Waals surface area contributed by atoms with Crippen molar-refractivity contribution in [3.8, 4) is 0 Å². The third kappa shape index (κ3) is 5.22. The van der Waals surface area contributed by atoms with E-state index in [1.807, 2.05) is 12.1 Å². The van der Waals surface area contributed by atoms with Crippen LogP contribution in [0.4, 0.5) is 10.1 Å². The lowest BCUT2D eigenvalue weighted by atomic mass is 10.0. The summed E-state index contributed by atoms with van der Waals surface area (Å²) in [5.41, 5.74) is 0.918. The number of anilines is 1. The highest BCUT2D eigenvalue weighted by Crippen LogP contribution is 2.27. The largest absolute Gasteiger partial charge is 0.454 e. The van der Waals surface area contributed by atoms with Crippen LogP contribution in [0.3, 0.4) is 0 Å². The van der Waals surface area contributed by atoms with Crippen LogP contribution in [-0.2, 0) is 14.3 Å². The summed E-state index contributed by atoms with van der Waals surface area (Å²) in [6.45, 7) is 0.178. The maximum absolute atomic E-state index is 13.1. The van der Waals surface area contributed by atoms with Gasteiger partial charge in [0, 0.05) is 41.0 Å². The minimum atomic E-state index is -1.08. The molecule has 2 atom stereocenters. The second-order valence-corrected chi connectivity index (χ2v) is 7.95. The van der Waals surface area contributed by atoms with Gasteiger partial charge in [-0.3, -0.25) is 14.4 Å². The number of hydrogen-bond donors (Lipinski definition) is 0. The maximum Gasteiger partial charge on any atom is 0.312 e. The van der Waals surface area contributed by atoms with Crippen molar-refractivity contribution in [1.82, 2.24) is 0 Å². The molecule has 1 aliphatic heterocycles. The van der Waals surface area contributed by atoms with Gasteiger partial charge in [-0.25, -0.2) is 4.39 Å². The van der Waals surface area contributed by atoms with Gasteiger partial charge in [0.05, 0.1) is 5.92 Å². The van der Waals surface area contributed by atoms with Gasteiger partial charge in [0.2, 0.25) is 11.7 Å². The third-order valence-corrected chi connectivity index (χ3v) is 5.39. The van der Waals surface area contributed by atoms with Crippen LogP contribution in [0.1, 0.15) is 23.2 Å². The fourth-order valence-electron chi connectivity index (χ4n) is 3.12. The van der Waals surface area contributed by atoms with Crippen molar-refractivity contribution < 1.29 is 23.5 Å². The Morgan fingerprint density at radius 1 is 1.17 bits per heavy atom. The highest BCUT2D eigenvalue weighted by atomic mass is 79.9. The third-order valence-electron chi connectivity index (χ3n) is 4.65. The van der Waals surface area contributed by atoms with Crippen LogP contribution in [0.2, 0.25) is 0 Å². The Morgan fingerprint density at radius 2 is 1.83 bits per heavy atom. The van der Waals surface area contributed by atoms with Gasteiger partial charge in [-0.2, -0.15) is 0 Å². The molecule has 0 saturated carbocycles. The second kappa shape index (κ2) is 9.50. The molecule has 5 nitrogen and oxygen atoms in total. The number of amides is 1. The summed E-state index contributed by atoms with van der Waals surface area (Å²) in [4.78, 5) is 39.2. The van der Waals surface area contributed by atoms with Crippen molar-refractivity contribution in [2.24, 2.45) is 5.92 Å². The van der Waals surface area contributed by atoms with Gasteiger partial charge >= 0.3 is 5.97 Å². The molecule has 2 aromatic carbocycles. The number of benzene rings is 2. The highest BCUT2D eigenvalue weighted by Gasteiger charge is 2.38. The first kappa shape index (κ1) is 21.5. The predicted octanol–water partition coefficient (Wildman–Crippen LogP) is 4.36. The molecule has 2 aromatic rings. The lowest BCUT2D eigenvalue weighted by molar-refractivity contribution is -0.151. The Morgan fingerprint density at radius 3 is 2.45 bits per heavy atom. The molecule has 3 rings (SSSR count). The van der Waals surface area contributed by atoms with Gasteiger partial charge in [0.1, 0.15) is 5.82 Å². The van der Waals surface area contributed by atoms with Crippen LogP contribution in [0.15, 0.2) is 53.0 Å². The molecule has 0 N–H and O–H groups in total. The Hall–Kier alpha value is -2.25. The summed E-state index contributed by atoms with van der Waals surface area (Å²) >= 11 is 9.11. The molecule has 1 saturated heterocycles. The summed E-state index contributed by atoms with van der Waals surface area (Å²) in [7, 11) is 0. The Labute approximate surface area is 180 Å². The van der Waals surface area contributed by atoms with Crippen molar-refractivity contribution in [2.75, 3.05) is 17.3 Å². The number of alkyl halides is 1. The number of hydrogen-bond acceptors (Lipinski definition) is 4. The number of carbonyl (C=O) groups is 3. The van der Waals surface area contributed by atoms with E-state index in [1.54, 1.807) is 12.1 Å². The summed E-state index contributed by atoms with van der Waals surface area (Å²) in [6, 6.07) is 12.2. The average molecular weight is 483 g/mol. The number of esters is 1. The number of ether oxygens (including phenoxy) is 1. The van der Waals surface area contributed by atoms with Crippen molar-refractivity contribution in [2.45, 2.75) is 18.9 Å². The van der Waals surface area contributed by atoms with E-state index in [-0.39, 0.29) is 36.7 Å². The van der Waals surface area contributed by atoms with Crippen molar-refractivity contribution in [1.29, 1.82) is 0 Å². The van der Waals surface area contributed by atoms with Gasteiger partial charge in [0.25, 0.3) is 0 Å². The van der Waals surface area contributed by atoms with Gasteiger partial charge in [0.15, 0.2) is 6.10 Å². The van der Waals surface area contributed by atoms with E-state index in [4.69, 9.17) is 16.3 Å². The molecule has 29 heavy (non-hydrogen) atoms. The number of rotatable bonds is 7. The summed E-state index contributed by atoms with van der Waals surface area (Å²) < 4.78 is 19.4. The Balaban J connectivity index is 1.68. The number of ketones is 1. The van der Waals surface area contributed by atoms with Crippen LogP contribution in [0.5, 0.6) is 0 Å². The average Bonchev–Trinajstić information content (AvgIpc) is 3.10. The number of carbonyl (C=O) groups excluding carboxylic acids is 3. The molecule has 1 heterocycles. The topological polar surface area (TPSA) is 63.7 Å². The van der Waals surface area contributed by atoms with E-state index < -0.39 is 29.6 Å². The number of Topliss-reactive ketones (excluding diaryl/α,β-unsaturated/α-hetero) is 1. The molecule has 1 aliphatic rings. The lowest BCUT2D eigenvalue weighted by Gasteiger charge is -2.19. The lowest BCUT2D eigenvalue weighted by Crippen LogP contribution is -2.32. The molecule has 0 radical (unpaired) electrons. The molecule has 0 spiro atoms. The minimum absolute atomic E-state index is 0.00717. The molecule has 0 aliphatic carbocycles. The number of nitrogens with zero attached hydrogens (tertiary/aromatic N) is 1. The van der Waals surface area contributed by atoms with Crippen LogP contribution in [0.25, 0.3) is 0 Å². The molecule has 0 unspecified atom stereocenters. The molecule has 152 valence electrons. The van der Waals surface area contributed by atoms with Gasteiger partial charge in [-0.05, 0) is 48.5 Å². The molecular formula is C21H18BrClFNO4. The quantitative estimate of drug-likeness (QED) is 0.334. The highest BCUT2D eigenvalue weighted by molar-refractivity contribution is 9.10. The molecule has 1 amide bonds. The van der Waals surface area contributed by atoms with E-state index in [0.717, 1.165) is 4.47 Å². The predicted molar refractivity (Wildman–Crippen MR) is 111 cm³/mol. The zero-order valence-electron chi connectivity index (χ0n) is 15.3. The van der Waals surface area contributed by atoms with E-state index in [1.165, 1.54) is 29.2 Å². The maximum atomic E-state index is 13.1. The summed E-state index contributed by atoms with van der Waals surface area (Å²) in [6.07, 6.45) is -0.948. The Bertz CT molecular complexity index is 904. The minimum Gasteiger partial charge on any atom is -0.454 e. The molecular weight excluding hydrogens is 465 g/mol. The molecule has 0 aromatic heterocycles. The van der Waals surface area contributed by atoms with Gasteiger partial charge in [-0.1, -0.05) is 15.9 Å². The van der Waals surface area contributed by atoms with Crippen molar-refractivity contribution >= 4 is 50.9 Å². The van der Waals surface area contributed by atoms with Crippen LogP contribution in [0, 0.1) is 11.7 Å². The van der Waals surface area contributed by atoms with Gasteiger partial charge < -0.3 is 9.64 Å².